The number of nitrogens with one attached hydrogen (secondary N) is 1. The largest absolute Gasteiger partial charge is 0.510 e. The molecule has 0 spiro atoms. The van der Waals surface area contributed by atoms with E-state index in [4.69, 9.17) is 10.0 Å². The molecule has 0 aliphatic heterocycles. The number of halogens is 1. The predicted octanol–water partition coefficient (Wildman–Crippen LogP) is -1.77. The molecule has 0 radical (unpaired) electrons. The van der Waals surface area contributed by atoms with Crippen LogP contribution < -0.4 is 5.59 Å². The third kappa shape index (κ3) is 1.09. The highest BCUT2D eigenvalue weighted by Crippen LogP contribution is 1.85. The number of nitrogens with zero attached hydrogens (tertiary/aromatic N) is 1. The molecule has 0 saturated carbocycles. The highest BCUT2D eigenvalue weighted by atomic mass is 19.1. The lowest BCUT2D eigenvalue weighted by Gasteiger charge is -1.89. The molecule has 6 heteroatoms. The average Bonchev–Trinajstić information content (AvgIpc) is 2.13. The average molecular weight is 130 g/mol. The number of rotatable bonds is 1. The topological polar surface area (TPSA) is 69.1 Å². The van der Waals surface area contributed by atoms with Crippen LogP contribution in [-0.4, -0.2) is 27.4 Å². The first-order chi connectivity index (χ1) is 4.22. The first-order valence-electron chi connectivity index (χ1n) is 2.26. The third-order valence-electron chi connectivity index (χ3n) is 0.878. The minimum absolute atomic E-state index is 0.310. The van der Waals surface area contributed by atoms with Gasteiger partial charge in [-0.15, -0.1) is 0 Å². The number of aromatic nitrogens is 2. The van der Waals surface area contributed by atoms with Gasteiger partial charge in [0.05, 0.1) is 6.20 Å². The molecule has 48 valence electrons. The van der Waals surface area contributed by atoms with Crippen molar-refractivity contribution < 1.29 is 14.4 Å². The number of H-pyrrole nitrogens is 1. The molecule has 0 aliphatic rings. The molecule has 0 atom stereocenters. The summed E-state index contributed by atoms with van der Waals surface area (Å²) in [6.07, 6.45) is 0.870. The second-order valence-electron chi connectivity index (χ2n) is 1.51. The Bertz CT molecular complexity index is 201. The van der Waals surface area contributed by atoms with Gasteiger partial charge in [0.2, 0.25) is 0 Å². The fourth-order valence-corrected chi connectivity index (χ4v) is 0.463. The summed E-state index contributed by atoms with van der Waals surface area (Å²) in [6.45, 7) is 0. The van der Waals surface area contributed by atoms with Crippen molar-refractivity contribution in [1.82, 2.24) is 10.2 Å². The van der Waals surface area contributed by atoms with Crippen LogP contribution >= 0.6 is 0 Å². The maximum absolute atomic E-state index is 12.2. The van der Waals surface area contributed by atoms with Gasteiger partial charge in [0, 0.05) is 0 Å². The monoisotopic (exact) mass is 130 g/mol. The molecular weight excluding hydrogens is 126 g/mol. The van der Waals surface area contributed by atoms with Gasteiger partial charge in [0.25, 0.3) is 0 Å². The summed E-state index contributed by atoms with van der Waals surface area (Å²) in [4.78, 5) is 0. The maximum atomic E-state index is 12.2. The zero-order chi connectivity index (χ0) is 6.85. The lowest BCUT2D eigenvalue weighted by molar-refractivity contribution is 0.421. The molecule has 0 amide bonds. The predicted molar refractivity (Wildman–Crippen MR) is 28.4 cm³/mol. The van der Waals surface area contributed by atoms with Gasteiger partial charge in [-0.1, -0.05) is 0 Å². The smallest absolute Gasteiger partial charge is 0.422 e. The lowest BCUT2D eigenvalue weighted by Crippen LogP contribution is -2.33. The Balaban J connectivity index is 2.94. The van der Waals surface area contributed by atoms with Crippen molar-refractivity contribution in [1.29, 1.82) is 0 Å². The zero-order valence-electron chi connectivity index (χ0n) is 4.37. The van der Waals surface area contributed by atoms with Crippen LogP contribution in [0.1, 0.15) is 0 Å². The molecule has 1 heterocycles. The Hall–Kier alpha value is -0.875. The molecule has 0 bridgehead atoms. The molecule has 1 aromatic rings. The van der Waals surface area contributed by atoms with Crippen molar-refractivity contribution in [2.45, 2.75) is 0 Å². The van der Waals surface area contributed by atoms with Crippen LogP contribution in [0.25, 0.3) is 0 Å². The standard InChI is InChI=1S/C3H4BFN2O2/c5-2-1-6-7-3(2)4(8)9/h1,8-9H,(H,6,7). The molecule has 0 fully saturated rings. The first-order valence-corrected chi connectivity index (χ1v) is 2.26. The zero-order valence-corrected chi connectivity index (χ0v) is 4.37. The summed E-state index contributed by atoms with van der Waals surface area (Å²) < 4.78 is 12.2. The van der Waals surface area contributed by atoms with Gasteiger partial charge in [-0.05, 0) is 0 Å². The summed E-state index contributed by atoms with van der Waals surface area (Å²) in [6, 6.07) is 0. The van der Waals surface area contributed by atoms with Gasteiger partial charge >= 0.3 is 7.12 Å². The van der Waals surface area contributed by atoms with Crippen molar-refractivity contribution in [3.05, 3.63) is 12.0 Å². The number of hydrogen-bond acceptors (Lipinski definition) is 3. The van der Waals surface area contributed by atoms with Gasteiger partial charge in [0.1, 0.15) is 5.59 Å². The van der Waals surface area contributed by atoms with E-state index < -0.39 is 12.9 Å². The maximum Gasteiger partial charge on any atom is 0.510 e. The Morgan fingerprint density at radius 3 is 2.56 bits per heavy atom. The van der Waals surface area contributed by atoms with E-state index in [-0.39, 0.29) is 5.59 Å². The van der Waals surface area contributed by atoms with Crippen LogP contribution in [0.5, 0.6) is 0 Å². The first kappa shape index (κ1) is 6.25. The van der Waals surface area contributed by atoms with Gasteiger partial charge in [-0.25, -0.2) is 4.39 Å². The van der Waals surface area contributed by atoms with Crippen LogP contribution in [0.15, 0.2) is 6.20 Å². The van der Waals surface area contributed by atoms with Crippen LogP contribution in [0.2, 0.25) is 0 Å². The van der Waals surface area contributed by atoms with Crippen molar-refractivity contribution in [2.75, 3.05) is 0 Å². The van der Waals surface area contributed by atoms with Crippen LogP contribution in [0.3, 0.4) is 0 Å². The number of hydrogen-bond donors (Lipinski definition) is 3. The Morgan fingerprint density at radius 2 is 2.33 bits per heavy atom. The fraction of sp³-hybridized carbons (Fsp3) is 0. The van der Waals surface area contributed by atoms with Crippen molar-refractivity contribution in [3.63, 3.8) is 0 Å². The minimum atomic E-state index is -1.81. The lowest BCUT2D eigenvalue weighted by atomic mass is 9.86. The Morgan fingerprint density at radius 1 is 1.67 bits per heavy atom. The van der Waals surface area contributed by atoms with Gasteiger partial charge in [-0.2, -0.15) is 5.10 Å². The molecule has 4 nitrogen and oxygen atoms in total. The van der Waals surface area contributed by atoms with E-state index in [0.29, 0.717) is 0 Å². The van der Waals surface area contributed by atoms with E-state index >= 15 is 0 Å². The highest BCUT2D eigenvalue weighted by molar-refractivity contribution is 6.57. The summed E-state index contributed by atoms with van der Waals surface area (Å²) >= 11 is 0. The highest BCUT2D eigenvalue weighted by Gasteiger charge is 2.17. The third-order valence-corrected chi connectivity index (χ3v) is 0.878. The van der Waals surface area contributed by atoms with Gasteiger partial charge in [-0.3, -0.25) is 5.10 Å². The number of aromatic amines is 1. The summed E-state index contributed by atoms with van der Waals surface area (Å²) in [7, 11) is -1.81. The SMILES string of the molecule is OB(O)c1[nH]ncc1F. The van der Waals surface area contributed by atoms with Crippen molar-refractivity contribution in [2.24, 2.45) is 0 Å². The normalized spacial score (nSPS) is 9.67. The van der Waals surface area contributed by atoms with E-state index in [1.165, 1.54) is 0 Å². The van der Waals surface area contributed by atoms with E-state index in [2.05, 4.69) is 10.2 Å². The van der Waals surface area contributed by atoms with E-state index in [9.17, 15) is 4.39 Å². The second kappa shape index (κ2) is 2.16. The Kier molecular flexibility index (Phi) is 1.50. The molecule has 1 rings (SSSR count). The minimum Gasteiger partial charge on any atom is -0.422 e. The summed E-state index contributed by atoms with van der Waals surface area (Å²) in [5.41, 5.74) is -0.310. The molecular formula is C3H4BFN2O2. The molecule has 0 aromatic carbocycles. The quantitative estimate of drug-likeness (QED) is 0.394. The van der Waals surface area contributed by atoms with E-state index in [1.807, 2.05) is 0 Å². The fourth-order valence-electron chi connectivity index (χ4n) is 0.463. The van der Waals surface area contributed by atoms with Crippen LogP contribution in [0, 0.1) is 5.82 Å². The van der Waals surface area contributed by atoms with Crippen LogP contribution in [-0.2, 0) is 0 Å². The molecule has 1 aromatic heterocycles. The van der Waals surface area contributed by atoms with E-state index in [0.717, 1.165) is 6.20 Å². The van der Waals surface area contributed by atoms with Crippen molar-refractivity contribution in [3.8, 4) is 0 Å². The van der Waals surface area contributed by atoms with E-state index in [1.54, 1.807) is 0 Å². The van der Waals surface area contributed by atoms with Gasteiger partial charge in [0.15, 0.2) is 5.82 Å². The summed E-state index contributed by atoms with van der Waals surface area (Å²) in [5.74, 6) is -0.745. The summed E-state index contributed by atoms with van der Waals surface area (Å²) in [5, 5.41) is 22.0. The molecule has 9 heavy (non-hydrogen) atoms. The second-order valence-corrected chi connectivity index (χ2v) is 1.51. The van der Waals surface area contributed by atoms with Gasteiger partial charge < -0.3 is 10.0 Å². The van der Waals surface area contributed by atoms with Crippen LogP contribution in [0.4, 0.5) is 4.39 Å². The molecule has 0 aliphatic carbocycles. The Labute approximate surface area is 50.5 Å². The van der Waals surface area contributed by atoms with Crippen molar-refractivity contribution >= 4 is 12.7 Å². The molecule has 3 N–H and O–H groups in total. The molecule has 0 saturated heterocycles. The molecule has 0 unspecified atom stereocenters.